The van der Waals surface area contributed by atoms with Crippen LogP contribution in [0.1, 0.15) is 33.6 Å². The minimum absolute atomic E-state index is 0.339. The van der Waals surface area contributed by atoms with Gasteiger partial charge >= 0.3 is 0 Å². The van der Waals surface area contributed by atoms with Crippen LogP contribution in [0.5, 0.6) is 0 Å². The smallest absolute Gasteiger partial charge is 0.192 e. The van der Waals surface area contributed by atoms with Crippen LogP contribution in [0, 0.1) is 5.92 Å². The van der Waals surface area contributed by atoms with Gasteiger partial charge in [-0.1, -0.05) is 20.8 Å². The predicted molar refractivity (Wildman–Crippen MR) is 66.6 cm³/mol. The zero-order valence-corrected chi connectivity index (χ0v) is 11.8. The summed E-state index contributed by atoms with van der Waals surface area (Å²) in [5.41, 5.74) is 0.375. The van der Waals surface area contributed by atoms with Crippen molar-refractivity contribution in [3.8, 4) is 0 Å². The van der Waals surface area contributed by atoms with E-state index in [-0.39, 0.29) is 0 Å². The molecule has 0 amide bonds. The molecule has 2 saturated heterocycles. The number of nitrogens with one attached hydrogen (secondary N) is 1. The van der Waals surface area contributed by atoms with Crippen molar-refractivity contribution >= 4 is 8.32 Å². The van der Waals surface area contributed by atoms with Gasteiger partial charge in [0.25, 0.3) is 0 Å². The Labute approximate surface area is 94.9 Å². The van der Waals surface area contributed by atoms with Crippen LogP contribution < -0.4 is 5.32 Å². The molecule has 0 spiro atoms. The fourth-order valence-electron chi connectivity index (χ4n) is 2.40. The van der Waals surface area contributed by atoms with E-state index < -0.39 is 8.32 Å². The molecule has 2 nitrogen and oxygen atoms in total. The first-order valence-corrected chi connectivity index (χ1v) is 9.04. The molecule has 3 fully saturated rings. The number of hydrogen-bond acceptors (Lipinski definition) is 2. The summed E-state index contributed by atoms with van der Waals surface area (Å²) in [4.78, 5) is 0. The molecule has 0 atom stereocenters. The first-order chi connectivity index (χ1) is 6.74. The number of rotatable bonds is 3. The SMILES string of the molecule is CC(C)(C)[Si](C)(C)OCC12CC(CN1)C2. The van der Waals surface area contributed by atoms with Gasteiger partial charge in [0.15, 0.2) is 8.32 Å². The third-order valence-electron chi connectivity index (χ3n) is 4.64. The third kappa shape index (κ3) is 2.02. The molecular weight excluding hydrogens is 202 g/mol. The highest BCUT2D eigenvalue weighted by atomic mass is 28.4. The highest BCUT2D eigenvalue weighted by molar-refractivity contribution is 6.74. The van der Waals surface area contributed by atoms with Crippen LogP contribution in [0.3, 0.4) is 0 Å². The molecule has 3 aliphatic rings. The molecule has 0 aromatic rings. The Bertz CT molecular complexity index is 245. The summed E-state index contributed by atoms with van der Waals surface area (Å²) in [6.45, 7) is 13.8. The van der Waals surface area contributed by atoms with Crippen LogP contribution in [-0.4, -0.2) is 27.0 Å². The van der Waals surface area contributed by atoms with Gasteiger partial charge in [0.2, 0.25) is 0 Å². The molecular formula is C12H25NOSi. The van der Waals surface area contributed by atoms with Crippen molar-refractivity contribution in [2.24, 2.45) is 5.92 Å². The maximum atomic E-state index is 6.30. The van der Waals surface area contributed by atoms with E-state index in [1.165, 1.54) is 19.4 Å². The second-order valence-corrected chi connectivity index (χ2v) is 11.8. The van der Waals surface area contributed by atoms with E-state index in [9.17, 15) is 0 Å². The highest BCUT2D eigenvalue weighted by Gasteiger charge is 2.51. The van der Waals surface area contributed by atoms with E-state index in [0.717, 1.165) is 12.5 Å². The number of fused-ring (bicyclic) bond motifs is 1. The molecule has 3 heteroatoms. The van der Waals surface area contributed by atoms with Crippen molar-refractivity contribution in [3.05, 3.63) is 0 Å². The molecule has 88 valence electrons. The van der Waals surface area contributed by atoms with E-state index >= 15 is 0 Å². The lowest BCUT2D eigenvalue weighted by Crippen LogP contribution is -2.52. The minimum atomic E-state index is -1.53. The van der Waals surface area contributed by atoms with Crippen molar-refractivity contribution in [2.75, 3.05) is 13.2 Å². The molecule has 0 unspecified atom stereocenters. The maximum absolute atomic E-state index is 6.30. The van der Waals surface area contributed by atoms with E-state index in [1.54, 1.807) is 0 Å². The molecule has 0 aromatic heterocycles. The summed E-state index contributed by atoms with van der Waals surface area (Å²) in [6, 6.07) is 0. The summed E-state index contributed by atoms with van der Waals surface area (Å²) in [7, 11) is -1.53. The third-order valence-corrected chi connectivity index (χ3v) is 9.12. The largest absolute Gasteiger partial charge is 0.415 e. The maximum Gasteiger partial charge on any atom is 0.192 e. The van der Waals surface area contributed by atoms with E-state index in [4.69, 9.17) is 4.43 Å². The monoisotopic (exact) mass is 227 g/mol. The van der Waals surface area contributed by atoms with Crippen LogP contribution in [0.15, 0.2) is 0 Å². The van der Waals surface area contributed by atoms with Gasteiger partial charge in [-0.2, -0.15) is 0 Å². The van der Waals surface area contributed by atoms with Crippen LogP contribution in [0.25, 0.3) is 0 Å². The Hall–Kier alpha value is 0.137. The lowest BCUT2D eigenvalue weighted by atomic mass is 9.74. The highest BCUT2D eigenvalue weighted by Crippen LogP contribution is 2.45. The van der Waals surface area contributed by atoms with Gasteiger partial charge in [0.1, 0.15) is 0 Å². The molecule has 0 aromatic carbocycles. The Morgan fingerprint density at radius 1 is 1.33 bits per heavy atom. The average molecular weight is 227 g/mol. The summed E-state index contributed by atoms with van der Waals surface area (Å²) < 4.78 is 6.30. The Balaban J connectivity index is 1.88. The normalized spacial score (nSPS) is 35.4. The van der Waals surface area contributed by atoms with Gasteiger partial charge in [0, 0.05) is 5.54 Å². The standard InChI is InChI=1S/C12H25NOSi/c1-11(2,3)15(4,5)14-9-12-6-10(7-12)8-13-12/h10,13H,6-9H2,1-5H3. The van der Waals surface area contributed by atoms with Gasteiger partial charge in [-0.05, 0) is 43.4 Å². The lowest BCUT2D eigenvalue weighted by molar-refractivity contribution is 0.121. The molecule has 15 heavy (non-hydrogen) atoms. The van der Waals surface area contributed by atoms with E-state index in [2.05, 4.69) is 39.2 Å². The van der Waals surface area contributed by atoms with Gasteiger partial charge in [-0.3, -0.25) is 0 Å². The summed E-state index contributed by atoms with van der Waals surface area (Å²) in [5.74, 6) is 0.952. The zero-order valence-electron chi connectivity index (χ0n) is 10.8. The van der Waals surface area contributed by atoms with Crippen molar-refractivity contribution in [1.29, 1.82) is 0 Å². The molecule has 0 radical (unpaired) electrons. The van der Waals surface area contributed by atoms with Gasteiger partial charge in [-0.15, -0.1) is 0 Å². The lowest BCUT2D eigenvalue weighted by Gasteiger charge is -2.43. The van der Waals surface area contributed by atoms with Crippen LogP contribution in [0.4, 0.5) is 0 Å². The Morgan fingerprint density at radius 2 is 1.93 bits per heavy atom. The van der Waals surface area contributed by atoms with E-state index in [1.807, 2.05) is 0 Å². The van der Waals surface area contributed by atoms with Crippen LogP contribution >= 0.6 is 0 Å². The van der Waals surface area contributed by atoms with Crippen LogP contribution in [-0.2, 0) is 4.43 Å². The summed E-state index contributed by atoms with van der Waals surface area (Å²) in [5, 5.41) is 3.97. The van der Waals surface area contributed by atoms with Gasteiger partial charge < -0.3 is 9.74 Å². The minimum Gasteiger partial charge on any atom is -0.415 e. The van der Waals surface area contributed by atoms with Crippen molar-refractivity contribution < 1.29 is 4.43 Å². The van der Waals surface area contributed by atoms with Crippen molar-refractivity contribution in [2.45, 2.75) is 57.3 Å². The van der Waals surface area contributed by atoms with Gasteiger partial charge in [-0.25, -0.2) is 0 Å². The fraction of sp³-hybridized carbons (Fsp3) is 1.00. The zero-order chi connectivity index (χ0) is 11.3. The first kappa shape index (κ1) is 11.6. The van der Waals surface area contributed by atoms with Crippen molar-refractivity contribution in [1.82, 2.24) is 5.32 Å². The molecule has 2 aliphatic heterocycles. The van der Waals surface area contributed by atoms with Crippen molar-refractivity contribution in [3.63, 3.8) is 0 Å². The first-order valence-electron chi connectivity index (χ1n) is 6.13. The fourth-order valence-corrected chi connectivity index (χ4v) is 3.47. The summed E-state index contributed by atoms with van der Waals surface area (Å²) in [6.07, 6.45) is 2.70. The summed E-state index contributed by atoms with van der Waals surface area (Å²) >= 11 is 0. The Kier molecular flexibility index (Phi) is 2.57. The Morgan fingerprint density at radius 3 is 2.33 bits per heavy atom. The molecule has 2 heterocycles. The average Bonchev–Trinajstić information content (AvgIpc) is 2.55. The van der Waals surface area contributed by atoms with Gasteiger partial charge in [0.05, 0.1) is 6.61 Å². The molecule has 1 aliphatic carbocycles. The predicted octanol–water partition coefficient (Wildman–Crippen LogP) is 2.76. The second kappa shape index (κ2) is 3.31. The molecule has 3 rings (SSSR count). The topological polar surface area (TPSA) is 21.3 Å². The van der Waals surface area contributed by atoms with Crippen LogP contribution in [0.2, 0.25) is 18.1 Å². The molecule has 2 bridgehead atoms. The van der Waals surface area contributed by atoms with E-state index in [0.29, 0.717) is 10.6 Å². The second-order valence-electron chi connectivity index (χ2n) is 6.98. The molecule has 1 saturated carbocycles. The molecule has 1 N–H and O–H groups in total. The quantitative estimate of drug-likeness (QED) is 0.749. The number of hydrogen-bond donors (Lipinski definition) is 1.